The molecule has 0 aliphatic rings. The zero-order valence-corrected chi connectivity index (χ0v) is 13.5. The van der Waals surface area contributed by atoms with Gasteiger partial charge in [-0.25, -0.2) is 0 Å². The quantitative estimate of drug-likeness (QED) is 0.316. The Morgan fingerprint density at radius 3 is 1.94 bits per heavy atom. The summed E-state index contributed by atoms with van der Waals surface area (Å²) in [4.78, 5) is 0. The Labute approximate surface area is 120 Å². The molecule has 1 nitrogen and oxygen atoms in total. The molecule has 0 heterocycles. The van der Waals surface area contributed by atoms with E-state index in [1.807, 2.05) is 0 Å². The molecule has 0 radical (unpaired) electrons. The largest absolute Gasteiger partial charge is 0.484 e. The molecule has 0 spiro atoms. The van der Waals surface area contributed by atoms with Crippen molar-refractivity contribution in [2.24, 2.45) is 0 Å². The molecule has 0 aliphatic heterocycles. The van der Waals surface area contributed by atoms with E-state index in [2.05, 4.69) is 20.8 Å². The lowest BCUT2D eigenvalue weighted by atomic mass is 10.0. The van der Waals surface area contributed by atoms with Crippen molar-refractivity contribution >= 4 is 17.3 Å². The average molecular weight is 272 g/mol. The highest BCUT2D eigenvalue weighted by Crippen LogP contribution is 2.14. The van der Waals surface area contributed by atoms with Crippen LogP contribution in [0, 0.1) is 0 Å². The maximum atomic E-state index is 5.74. The second-order valence-electron chi connectivity index (χ2n) is 5.14. The SMILES string of the molecule is CCCCCCCCCCC(CC)OC(=S)CC. The topological polar surface area (TPSA) is 9.23 Å². The van der Waals surface area contributed by atoms with Crippen LogP contribution in [0.25, 0.3) is 0 Å². The Balaban J connectivity index is 3.37. The molecule has 0 N–H and O–H groups in total. The van der Waals surface area contributed by atoms with Crippen LogP contribution >= 0.6 is 12.2 Å². The minimum absolute atomic E-state index is 0.359. The Kier molecular flexibility index (Phi) is 13.2. The molecule has 0 aliphatic carbocycles. The van der Waals surface area contributed by atoms with Crippen molar-refractivity contribution in [1.29, 1.82) is 0 Å². The summed E-state index contributed by atoms with van der Waals surface area (Å²) in [6.07, 6.45) is 14.5. The molecular formula is C16H32OS. The fraction of sp³-hybridized carbons (Fsp3) is 0.938. The van der Waals surface area contributed by atoms with Gasteiger partial charge in [0.2, 0.25) is 0 Å². The predicted octanol–water partition coefficient (Wildman–Crippen LogP) is 6.05. The van der Waals surface area contributed by atoms with E-state index in [4.69, 9.17) is 17.0 Å². The third-order valence-corrected chi connectivity index (χ3v) is 3.81. The molecule has 0 saturated carbocycles. The van der Waals surface area contributed by atoms with Crippen LogP contribution in [0.5, 0.6) is 0 Å². The third kappa shape index (κ3) is 11.0. The molecule has 0 rings (SSSR count). The van der Waals surface area contributed by atoms with E-state index in [0.29, 0.717) is 6.10 Å². The molecule has 0 saturated heterocycles. The number of hydrogen-bond acceptors (Lipinski definition) is 2. The van der Waals surface area contributed by atoms with E-state index < -0.39 is 0 Å². The normalized spacial score (nSPS) is 12.4. The molecule has 108 valence electrons. The molecule has 18 heavy (non-hydrogen) atoms. The minimum Gasteiger partial charge on any atom is -0.484 e. The molecule has 0 aromatic carbocycles. The molecule has 2 heteroatoms. The second kappa shape index (κ2) is 13.3. The van der Waals surface area contributed by atoms with Gasteiger partial charge in [-0.2, -0.15) is 0 Å². The summed E-state index contributed by atoms with van der Waals surface area (Å²) in [5.41, 5.74) is 0. The molecule has 0 amide bonds. The van der Waals surface area contributed by atoms with Crippen molar-refractivity contribution in [3.8, 4) is 0 Å². The highest BCUT2D eigenvalue weighted by atomic mass is 32.1. The van der Waals surface area contributed by atoms with E-state index >= 15 is 0 Å². The van der Waals surface area contributed by atoms with Crippen molar-refractivity contribution < 1.29 is 4.74 Å². The average Bonchev–Trinajstić information content (AvgIpc) is 2.40. The van der Waals surface area contributed by atoms with Crippen LogP contribution in [-0.2, 0) is 4.74 Å². The summed E-state index contributed by atoms with van der Waals surface area (Å²) in [5.74, 6) is 0. The van der Waals surface area contributed by atoms with Gasteiger partial charge in [0, 0.05) is 6.42 Å². The van der Waals surface area contributed by atoms with Gasteiger partial charge in [-0.15, -0.1) is 0 Å². The van der Waals surface area contributed by atoms with Crippen LogP contribution in [0.15, 0.2) is 0 Å². The maximum Gasteiger partial charge on any atom is 0.159 e. The summed E-state index contributed by atoms with van der Waals surface area (Å²) in [5, 5.41) is 0.779. The van der Waals surface area contributed by atoms with Crippen LogP contribution < -0.4 is 0 Å². The van der Waals surface area contributed by atoms with Gasteiger partial charge >= 0.3 is 0 Å². The predicted molar refractivity (Wildman–Crippen MR) is 85.3 cm³/mol. The highest BCUT2D eigenvalue weighted by Gasteiger charge is 2.08. The lowest BCUT2D eigenvalue weighted by Crippen LogP contribution is -2.15. The Bertz CT molecular complexity index is 192. The van der Waals surface area contributed by atoms with Crippen molar-refractivity contribution in [3.05, 3.63) is 0 Å². The van der Waals surface area contributed by atoms with Crippen LogP contribution in [0.3, 0.4) is 0 Å². The van der Waals surface area contributed by atoms with E-state index in [1.165, 1.54) is 57.8 Å². The van der Waals surface area contributed by atoms with Crippen LogP contribution in [-0.4, -0.2) is 11.2 Å². The van der Waals surface area contributed by atoms with E-state index in [1.54, 1.807) is 0 Å². The van der Waals surface area contributed by atoms with Gasteiger partial charge in [-0.05, 0) is 31.5 Å². The van der Waals surface area contributed by atoms with Gasteiger partial charge < -0.3 is 4.74 Å². The standard InChI is InChI=1S/C16H32OS/c1-4-7-8-9-10-11-12-13-14-15(5-2)17-16(18)6-3/h15H,4-14H2,1-3H3. The Morgan fingerprint density at radius 2 is 1.44 bits per heavy atom. The smallest absolute Gasteiger partial charge is 0.159 e. The van der Waals surface area contributed by atoms with Crippen molar-refractivity contribution in [2.75, 3.05) is 0 Å². The zero-order chi connectivity index (χ0) is 13.6. The molecule has 0 bridgehead atoms. The highest BCUT2D eigenvalue weighted by molar-refractivity contribution is 7.80. The first-order valence-electron chi connectivity index (χ1n) is 7.94. The van der Waals surface area contributed by atoms with E-state index in [9.17, 15) is 0 Å². The monoisotopic (exact) mass is 272 g/mol. The van der Waals surface area contributed by atoms with Crippen molar-refractivity contribution in [1.82, 2.24) is 0 Å². The number of thiocarbonyl (C=S) groups is 1. The number of rotatable bonds is 12. The molecule has 0 aromatic heterocycles. The lowest BCUT2D eigenvalue weighted by Gasteiger charge is -2.17. The fourth-order valence-corrected chi connectivity index (χ4v) is 2.26. The first kappa shape index (κ1) is 17.9. The fourth-order valence-electron chi connectivity index (χ4n) is 2.12. The van der Waals surface area contributed by atoms with Gasteiger partial charge in [-0.3, -0.25) is 0 Å². The lowest BCUT2D eigenvalue weighted by molar-refractivity contribution is 0.170. The number of unbranched alkanes of at least 4 members (excludes halogenated alkanes) is 7. The number of hydrogen-bond donors (Lipinski definition) is 0. The molecule has 1 atom stereocenters. The summed E-state index contributed by atoms with van der Waals surface area (Å²) in [6, 6.07) is 0. The van der Waals surface area contributed by atoms with Crippen LogP contribution in [0.1, 0.15) is 91.4 Å². The van der Waals surface area contributed by atoms with Gasteiger partial charge in [-0.1, -0.05) is 65.7 Å². The van der Waals surface area contributed by atoms with Crippen LogP contribution in [0.4, 0.5) is 0 Å². The molecule has 1 unspecified atom stereocenters. The van der Waals surface area contributed by atoms with Crippen molar-refractivity contribution in [3.63, 3.8) is 0 Å². The second-order valence-corrected chi connectivity index (χ2v) is 5.59. The van der Waals surface area contributed by atoms with Gasteiger partial charge in [0.1, 0.15) is 0 Å². The maximum absolute atomic E-state index is 5.74. The first-order valence-corrected chi connectivity index (χ1v) is 8.34. The van der Waals surface area contributed by atoms with E-state index in [-0.39, 0.29) is 0 Å². The summed E-state index contributed by atoms with van der Waals surface area (Å²) < 4.78 is 5.74. The summed E-state index contributed by atoms with van der Waals surface area (Å²) in [6.45, 7) is 6.52. The molecular weight excluding hydrogens is 240 g/mol. The van der Waals surface area contributed by atoms with E-state index in [0.717, 1.165) is 17.9 Å². The van der Waals surface area contributed by atoms with Gasteiger partial charge in [0.25, 0.3) is 0 Å². The molecule has 0 aromatic rings. The summed E-state index contributed by atoms with van der Waals surface area (Å²) in [7, 11) is 0. The van der Waals surface area contributed by atoms with Crippen LogP contribution in [0.2, 0.25) is 0 Å². The minimum atomic E-state index is 0.359. The van der Waals surface area contributed by atoms with Gasteiger partial charge in [0.15, 0.2) is 5.05 Å². The van der Waals surface area contributed by atoms with Crippen molar-refractivity contribution in [2.45, 2.75) is 97.5 Å². The molecule has 0 fully saturated rings. The van der Waals surface area contributed by atoms with Gasteiger partial charge in [0.05, 0.1) is 6.10 Å². The third-order valence-electron chi connectivity index (χ3n) is 3.42. The Morgan fingerprint density at radius 1 is 0.889 bits per heavy atom. The zero-order valence-electron chi connectivity index (χ0n) is 12.7. The number of ether oxygens (including phenoxy) is 1. The summed E-state index contributed by atoms with van der Waals surface area (Å²) >= 11 is 5.14. The Hall–Kier alpha value is -0.110. The first-order chi connectivity index (χ1) is 8.74.